The number of nitrogens with one attached hydrogen (secondary N) is 1. The number of hydrogen-bond acceptors (Lipinski definition) is 4. The third kappa shape index (κ3) is 4.38. The Labute approximate surface area is 211 Å². The van der Waals surface area contributed by atoms with Gasteiger partial charge in [0.15, 0.2) is 0 Å². The van der Waals surface area contributed by atoms with Crippen LogP contribution >= 0.6 is 0 Å². The molecule has 5 rings (SSSR count). The third-order valence-corrected chi connectivity index (χ3v) is 9.72. The summed E-state index contributed by atoms with van der Waals surface area (Å²) >= 11 is 0. The molecule has 0 bridgehead atoms. The number of benzene rings is 1. The summed E-state index contributed by atoms with van der Waals surface area (Å²) in [5.41, 5.74) is -0.289. The second kappa shape index (κ2) is 9.89. The molecule has 4 fully saturated rings. The molecule has 1 spiro atoms. The maximum atomic E-state index is 14.1. The van der Waals surface area contributed by atoms with Gasteiger partial charge in [0, 0.05) is 39.7 Å². The van der Waals surface area contributed by atoms with E-state index >= 15 is 0 Å². The fraction of sp³-hybridized carbons (Fsp3) is 0.704. The van der Waals surface area contributed by atoms with Crippen LogP contribution in [0.5, 0.6) is 0 Å². The molecule has 2 aliphatic carbocycles. The summed E-state index contributed by atoms with van der Waals surface area (Å²) in [4.78, 5) is 29.1. The number of aliphatic hydroxyl groups excluding tert-OH is 1. The summed E-state index contributed by atoms with van der Waals surface area (Å²) in [5.74, 6) is 0.376. The molecule has 2 saturated heterocycles. The number of halogens is 2. The number of hydrogen-bond donors (Lipinski definition) is 2. The quantitative estimate of drug-likeness (QED) is 0.654. The molecule has 0 radical (unpaired) electrons. The van der Waals surface area contributed by atoms with Crippen molar-refractivity contribution in [2.24, 2.45) is 29.1 Å². The standard InChI is InChI=1S/C27H37F2N3O4/c1-16(34)32-15-27(25-20-5-4-19(36-2)11-17(20)12-21(25)24(32)14-33)7-9-31(10-8-27)26(35)30-23-13-18(28)3-6-22(23)29/h3,6,13,17,19-21,24-25,33H,4-5,7-12,14-15H2,1-2H3,(H,30,35)/t17?,19?,20?,21?,24-,25?/m0/s1. The number of anilines is 1. The van der Waals surface area contributed by atoms with Crippen LogP contribution in [0, 0.1) is 40.7 Å². The minimum Gasteiger partial charge on any atom is -0.394 e. The van der Waals surface area contributed by atoms with Crippen molar-refractivity contribution < 1.29 is 28.2 Å². The van der Waals surface area contributed by atoms with E-state index in [0.29, 0.717) is 37.4 Å². The number of urea groups is 1. The SMILES string of the molecule is COC1CCC2C(C1)CC1C2C2(CCN(C(=O)Nc3cc(F)ccc3F)CC2)CN(C(C)=O)[C@H]1CO. The summed E-state index contributed by atoms with van der Waals surface area (Å²) in [6.07, 6.45) is 5.90. The van der Waals surface area contributed by atoms with Gasteiger partial charge < -0.3 is 25.0 Å². The average molecular weight is 506 g/mol. The van der Waals surface area contributed by atoms with Crippen LogP contribution in [0.1, 0.15) is 45.4 Å². The Balaban J connectivity index is 1.36. The van der Waals surface area contributed by atoms with E-state index < -0.39 is 17.7 Å². The number of methoxy groups -OCH3 is 1. The zero-order valence-corrected chi connectivity index (χ0v) is 21.1. The van der Waals surface area contributed by atoms with Crippen molar-refractivity contribution >= 4 is 17.6 Å². The van der Waals surface area contributed by atoms with Crippen LogP contribution in [0.2, 0.25) is 0 Å². The smallest absolute Gasteiger partial charge is 0.321 e. The predicted molar refractivity (Wildman–Crippen MR) is 130 cm³/mol. The van der Waals surface area contributed by atoms with E-state index in [1.807, 2.05) is 4.90 Å². The number of amides is 3. The van der Waals surface area contributed by atoms with Gasteiger partial charge >= 0.3 is 6.03 Å². The Morgan fingerprint density at radius 2 is 1.92 bits per heavy atom. The van der Waals surface area contributed by atoms with Gasteiger partial charge in [-0.05, 0) is 79.7 Å². The first kappa shape index (κ1) is 25.4. The van der Waals surface area contributed by atoms with Gasteiger partial charge in [-0.25, -0.2) is 13.6 Å². The van der Waals surface area contributed by atoms with Crippen LogP contribution in [-0.4, -0.2) is 72.3 Å². The Morgan fingerprint density at radius 1 is 1.17 bits per heavy atom. The number of rotatable bonds is 3. The third-order valence-electron chi connectivity index (χ3n) is 9.72. The number of carbonyl (C=O) groups is 2. The molecule has 198 valence electrons. The summed E-state index contributed by atoms with van der Waals surface area (Å²) in [6.45, 7) is 3.12. The van der Waals surface area contributed by atoms with Gasteiger partial charge in [-0.3, -0.25) is 4.79 Å². The van der Waals surface area contributed by atoms with Crippen LogP contribution in [0.4, 0.5) is 19.3 Å². The van der Waals surface area contributed by atoms with E-state index in [4.69, 9.17) is 4.74 Å². The zero-order chi connectivity index (χ0) is 25.6. The Morgan fingerprint density at radius 3 is 2.58 bits per heavy atom. The predicted octanol–water partition coefficient (Wildman–Crippen LogP) is 3.87. The molecule has 9 heteroatoms. The van der Waals surface area contributed by atoms with Crippen LogP contribution in [0.3, 0.4) is 0 Å². The maximum absolute atomic E-state index is 14.1. The highest BCUT2D eigenvalue weighted by molar-refractivity contribution is 5.89. The molecule has 6 atom stereocenters. The number of ether oxygens (including phenoxy) is 1. The molecule has 1 aromatic carbocycles. The van der Waals surface area contributed by atoms with Crippen molar-refractivity contribution in [3.05, 3.63) is 29.8 Å². The van der Waals surface area contributed by atoms with Gasteiger partial charge in [0.25, 0.3) is 0 Å². The van der Waals surface area contributed by atoms with E-state index in [1.165, 1.54) is 0 Å². The van der Waals surface area contributed by atoms with Crippen molar-refractivity contribution in [2.45, 2.75) is 57.6 Å². The molecular formula is C27H37F2N3O4. The molecule has 3 amide bonds. The van der Waals surface area contributed by atoms with Gasteiger partial charge in [-0.2, -0.15) is 0 Å². The Hall–Kier alpha value is -2.26. The average Bonchev–Trinajstić information content (AvgIpc) is 3.26. The molecule has 36 heavy (non-hydrogen) atoms. The number of fused-ring (bicyclic) bond motifs is 4. The second-order valence-corrected chi connectivity index (χ2v) is 11.3. The maximum Gasteiger partial charge on any atom is 0.321 e. The van der Waals surface area contributed by atoms with Crippen molar-refractivity contribution in [3.8, 4) is 0 Å². The molecule has 2 aliphatic heterocycles. The van der Waals surface area contributed by atoms with Gasteiger partial charge in [0.2, 0.25) is 5.91 Å². The fourth-order valence-electron chi connectivity index (χ4n) is 8.13. The van der Waals surface area contributed by atoms with E-state index in [-0.39, 0.29) is 41.7 Å². The van der Waals surface area contributed by atoms with Crippen molar-refractivity contribution in [1.29, 1.82) is 0 Å². The lowest BCUT2D eigenvalue weighted by molar-refractivity contribution is -0.151. The first-order valence-corrected chi connectivity index (χ1v) is 13.2. The van der Waals surface area contributed by atoms with Crippen molar-refractivity contribution in [3.63, 3.8) is 0 Å². The minimum atomic E-state index is -0.677. The number of nitrogens with zero attached hydrogens (tertiary/aromatic N) is 2. The normalized spacial score (nSPS) is 33.2. The molecule has 2 heterocycles. The monoisotopic (exact) mass is 505 g/mol. The van der Waals surface area contributed by atoms with E-state index in [2.05, 4.69) is 5.32 Å². The van der Waals surface area contributed by atoms with E-state index in [1.54, 1.807) is 18.9 Å². The topological polar surface area (TPSA) is 82.1 Å². The molecule has 4 aliphatic rings. The van der Waals surface area contributed by atoms with Crippen molar-refractivity contribution in [1.82, 2.24) is 9.80 Å². The first-order chi connectivity index (χ1) is 17.3. The number of aliphatic hydroxyl groups is 1. The highest BCUT2D eigenvalue weighted by atomic mass is 19.1. The highest BCUT2D eigenvalue weighted by Gasteiger charge is 2.61. The van der Waals surface area contributed by atoms with Gasteiger partial charge in [-0.15, -0.1) is 0 Å². The van der Waals surface area contributed by atoms with Crippen LogP contribution < -0.4 is 5.32 Å². The summed E-state index contributed by atoms with van der Waals surface area (Å²) < 4.78 is 33.3. The summed E-state index contributed by atoms with van der Waals surface area (Å²) in [5, 5.41) is 12.9. The lowest BCUT2D eigenvalue weighted by Gasteiger charge is -2.58. The number of carbonyl (C=O) groups excluding carboxylic acids is 2. The molecule has 7 nitrogen and oxygen atoms in total. The lowest BCUT2D eigenvalue weighted by atomic mass is 9.57. The lowest BCUT2D eigenvalue weighted by Crippen LogP contribution is -2.63. The molecule has 2 saturated carbocycles. The molecule has 5 unspecified atom stereocenters. The van der Waals surface area contributed by atoms with Gasteiger partial charge in [-0.1, -0.05) is 0 Å². The largest absolute Gasteiger partial charge is 0.394 e. The zero-order valence-electron chi connectivity index (χ0n) is 21.1. The molecule has 1 aromatic rings. The number of likely N-dealkylation sites (tertiary alicyclic amines) is 2. The van der Waals surface area contributed by atoms with Gasteiger partial charge in [0.1, 0.15) is 11.6 Å². The minimum absolute atomic E-state index is 0.0155. The fourth-order valence-corrected chi connectivity index (χ4v) is 8.13. The van der Waals surface area contributed by atoms with Crippen LogP contribution in [0.25, 0.3) is 0 Å². The Bertz CT molecular complexity index is 999. The summed E-state index contributed by atoms with van der Waals surface area (Å²) in [7, 11) is 1.78. The molecule has 2 N–H and O–H groups in total. The Kier molecular flexibility index (Phi) is 6.98. The van der Waals surface area contributed by atoms with Crippen LogP contribution in [0.15, 0.2) is 18.2 Å². The molecule has 0 aromatic heterocycles. The van der Waals surface area contributed by atoms with Crippen LogP contribution in [-0.2, 0) is 9.53 Å². The molecular weight excluding hydrogens is 468 g/mol. The van der Waals surface area contributed by atoms with E-state index in [0.717, 1.165) is 56.7 Å². The second-order valence-electron chi connectivity index (χ2n) is 11.3. The highest BCUT2D eigenvalue weighted by Crippen LogP contribution is 2.62. The van der Waals surface area contributed by atoms with Crippen molar-refractivity contribution in [2.75, 3.05) is 38.7 Å². The van der Waals surface area contributed by atoms with E-state index in [9.17, 15) is 23.5 Å². The number of piperidine rings is 2. The first-order valence-electron chi connectivity index (χ1n) is 13.2. The van der Waals surface area contributed by atoms with Gasteiger partial charge in [0.05, 0.1) is 24.4 Å². The summed E-state index contributed by atoms with van der Waals surface area (Å²) in [6, 6.07) is 2.40.